The molecular formula is C27H28F2N4O. The fourth-order valence-electron chi connectivity index (χ4n) is 4.00. The highest BCUT2D eigenvalue weighted by Crippen LogP contribution is 2.28. The summed E-state index contributed by atoms with van der Waals surface area (Å²) in [6.07, 6.45) is 1.53. The van der Waals surface area contributed by atoms with Gasteiger partial charge >= 0.3 is 0 Å². The normalized spacial score (nSPS) is 12.1. The third kappa shape index (κ3) is 5.50. The molecule has 1 aromatic heterocycles. The Labute approximate surface area is 197 Å². The molecule has 1 atom stereocenters. The Morgan fingerprint density at radius 1 is 0.912 bits per heavy atom. The third-order valence-electron chi connectivity index (χ3n) is 5.87. The molecular weight excluding hydrogens is 434 g/mol. The molecule has 34 heavy (non-hydrogen) atoms. The van der Waals surface area contributed by atoms with Crippen molar-refractivity contribution in [2.24, 2.45) is 11.5 Å². The number of fused-ring (bicyclic) bond motifs is 1. The van der Waals surface area contributed by atoms with Crippen molar-refractivity contribution in [2.45, 2.75) is 25.4 Å². The fourth-order valence-corrected chi connectivity index (χ4v) is 4.00. The highest BCUT2D eigenvalue weighted by molar-refractivity contribution is 5.99. The summed E-state index contributed by atoms with van der Waals surface area (Å²) >= 11 is 0. The van der Waals surface area contributed by atoms with Crippen molar-refractivity contribution in [1.82, 2.24) is 9.88 Å². The summed E-state index contributed by atoms with van der Waals surface area (Å²) < 4.78 is 28.7. The molecule has 0 aliphatic rings. The topological polar surface area (TPSA) is 86.1 Å². The van der Waals surface area contributed by atoms with Crippen LogP contribution >= 0.6 is 0 Å². The van der Waals surface area contributed by atoms with Crippen molar-refractivity contribution in [1.29, 1.82) is 0 Å². The number of hydrogen-bond donors (Lipinski definition) is 3. The Bertz CT molecular complexity index is 1270. The Balaban J connectivity index is 1.70. The van der Waals surface area contributed by atoms with Gasteiger partial charge in [-0.05, 0) is 72.5 Å². The Morgan fingerprint density at radius 2 is 1.56 bits per heavy atom. The number of nitrogens with two attached hydrogens (primary N) is 2. The molecule has 176 valence electrons. The molecule has 5 nitrogen and oxygen atoms in total. The second-order valence-electron chi connectivity index (χ2n) is 8.42. The molecule has 0 saturated heterocycles. The van der Waals surface area contributed by atoms with Crippen LogP contribution in [0.1, 0.15) is 28.9 Å². The monoisotopic (exact) mass is 462 g/mol. The lowest BCUT2D eigenvalue weighted by Gasteiger charge is -2.15. The summed E-state index contributed by atoms with van der Waals surface area (Å²) in [4.78, 5) is 13.1. The first-order valence-electron chi connectivity index (χ1n) is 11.3. The van der Waals surface area contributed by atoms with Crippen LogP contribution in [0, 0.1) is 11.6 Å². The summed E-state index contributed by atoms with van der Waals surface area (Å²) in [6, 6.07) is 20.0. The lowest BCUT2D eigenvalue weighted by Crippen LogP contribution is -2.38. The van der Waals surface area contributed by atoms with Gasteiger partial charge in [0.2, 0.25) is 0 Å². The van der Waals surface area contributed by atoms with Crippen molar-refractivity contribution in [3.63, 3.8) is 0 Å². The maximum absolute atomic E-state index is 13.4. The molecule has 0 fully saturated rings. The van der Waals surface area contributed by atoms with Gasteiger partial charge in [-0.15, -0.1) is 0 Å². The van der Waals surface area contributed by atoms with Crippen molar-refractivity contribution in [2.75, 3.05) is 13.1 Å². The van der Waals surface area contributed by atoms with Gasteiger partial charge in [0.25, 0.3) is 5.91 Å². The second-order valence-corrected chi connectivity index (χ2v) is 8.42. The number of nitrogens with zero attached hydrogens (tertiary/aromatic N) is 1. The van der Waals surface area contributed by atoms with Crippen LogP contribution in [-0.2, 0) is 6.54 Å². The van der Waals surface area contributed by atoms with Gasteiger partial charge in [0.15, 0.2) is 0 Å². The molecule has 5 N–H and O–H groups in total. The van der Waals surface area contributed by atoms with Gasteiger partial charge in [0.1, 0.15) is 17.3 Å². The molecule has 0 aliphatic heterocycles. The third-order valence-corrected chi connectivity index (χ3v) is 5.87. The van der Waals surface area contributed by atoms with Crippen LogP contribution in [0.5, 0.6) is 0 Å². The molecule has 0 bridgehead atoms. The smallest absolute Gasteiger partial charge is 0.268 e. The molecule has 4 rings (SSSR count). The predicted molar refractivity (Wildman–Crippen MR) is 131 cm³/mol. The second kappa shape index (κ2) is 10.6. The molecule has 1 unspecified atom stereocenters. The number of carbonyl (C=O) groups is 1. The highest BCUT2D eigenvalue weighted by Gasteiger charge is 2.17. The van der Waals surface area contributed by atoms with Crippen molar-refractivity contribution >= 4 is 16.8 Å². The Kier molecular flexibility index (Phi) is 7.35. The standard InChI is InChI=1S/C27H28F2N4O/c28-22-9-3-18(4-10-22)17-33-25-14-20(19-7-11-23(29)12-8-19)5-6-21(25)15-26(33)27(34)32-16-24(31)2-1-13-30/h3-12,14-15,24H,1-2,13,16-17,30-31H2,(H,32,34). The quantitative estimate of drug-likeness (QED) is 0.344. The first-order chi connectivity index (χ1) is 16.4. The maximum Gasteiger partial charge on any atom is 0.268 e. The summed E-state index contributed by atoms with van der Waals surface area (Å²) in [5.74, 6) is -0.845. The van der Waals surface area contributed by atoms with E-state index < -0.39 is 0 Å². The Hall–Kier alpha value is -3.55. The molecule has 0 saturated carbocycles. The highest BCUT2D eigenvalue weighted by atomic mass is 19.1. The van der Waals surface area contributed by atoms with Crippen LogP contribution in [0.15, 0.2) is 72.8 Å². The number of carbonyl (C=O) groups excluding carboxylic acids is 1. The van der Waals surface area contributed by atoms with E-state index in [0.717, 1.165) is 40.4 Å². The maximum atomic E-state index is 13.4. The summed E-state index contributed by atoms with van der Waals surface area (Å²) in [5.41, 5.74) is 15.6. The van der Waals surface area contributed by atoms with Crippen LogP contribution in [-0.4, -0.2) is 29.6 Å². The van der Waals surface area contributed by atoms with Crippen LogP contribution in [0.3, 0.4) is 0 Å². The van der Waals surface area contributed by atoms with Crippen LogP contribution in [0.25, 0.3) is 22.0 Å². The Morgan fingerprint density at radius 3 is 2.24 bits per heavy atom. The van der Waals surface area contributed by atoms with E-state index in [0.29, 0.717) is 25.3 Å². The fraction of sp³-hybridized carbons (Fsp3) is 0.222. The number of aromatic nitrogens is 1. The number of nitrogens with one attached hydrogen (secondary N) is 1. The van der Waals surface area contributed by atoms with E-state index in [1.54, 1.807) is 24.3 Å². The predicted octanol–water partition coefficient (Wildman–Crippen LogP) is 4.43. The largest absolute Gasteiger partial charge is 0.349 e. The van der Waals surface area contributed by atoms with Gasteiger partial charge in [-0.1, -0.05) is 36.4 Å². The number of halogens is 2. The lowest BCUT2D eigenvalue weighted by atomic mass is 10.0. The van der Waals surface area contributed by atoms with Gasteiger partial charge in [-0.25, -0.2) is 8.78 Å². The van der Waals surface area contributed by atoms with E-state index in [4.69, 9.17) is 11.5 Å². The average Bonchev–Trinajstić information content (AvgIpc) is 3.20. The zero-order valence-electron chi connectivity index (χ0n) is 18.8. The SMILES string of the molecule is NCCCC(N)CNC(=O)c1cc2ccc(-c3ccc(F)cc3)cc2n1Cc1ccc(F)cc1. The van der Waals surface area contributed by atoms with Crippen LogP contribution in [0.4, 0.5) is 8.78 Å². The van der Waals surface area contributed by atoms with E-state index in [2.05, 4.69) is 5.32 Å². The van der Waals surface area contributed by atoms with Crippen molar-refractivity contribution in [3.05, 3.63) is 95.7 Å². The zero-order valence-corrected chi connectivity index (χ0v) is 18.8. The van der Waals surface area contributed by atoms with Crippen molar-refractivity contribution in [3.8, 4) is 11.1 Å². The summed E-state index contributed by atoms with van der Waals surface area (Å²) in [7, 11) is 0. The van der Waals surface area contributed by atoms with Gasteiger partial charge < -0.3 is 21.4 Å². The molecule has 0 aliphatic carbocycles. The minimum Gasteiger partial charge on any atom is -0.349 e. The van der Waals surface area contributed by atoms with Gasteiger partial charge in [0, 0.05) is 30.0 Å². The van der Waals surface area contributed by atoms with Gasteiger partial charge in [0.05, 0.1) is 0 Å². The van der Waals surface area contributed by atoms with Crippen molar-refractivity contribution < 1.29 is 13.6 Å². The number of benzene rings is 3. The minimum absolute atomic E-state index is 0.174. The average molecular weight is 463 g/mol. The summed E-state index contributed by atoms with van der Waals surface area (Å²) in [6.45, 7) is 1.29. The van der Waals surface area contributed by atoms with Gasteiger partial charge in [-0.3, -0.25) is 4.79 Å². The number of hydrogen-bond acceptors (Lipinski definition) is 3. The van der Waals surface area contributed by atoms with E-state index in [1.165, 1.54) is 24.3 Å². The van der Waals surface area contributed by atoms with Crippen LogP contribution < -0.4 is 16.8 Å². The van der Waals surface area contributed by atoms with E-state index in [-0.39, 0.29) is 23.6 Å². The van der Waals surface area contributed by atoms with E-state index >= 15 is 0 Å². The van der Waals surface area contributed by atoms with E-state index in [9.17, 15) is 13.6 Å². The number of amides is 1. The minimum atomic E-state index is -0.316. The molecule has 0 radical (unpaired) electrons. The molecule has 7 heteroatoms. The first kappa shape index (κ1) is 23.6. The molecule has 3 aromatic carbocycles. The zero-order chi connectivity index (χ0) is 24.1. The lowest BCUT2D eigenvalue weighted by molar-refractivity contribution is 0.0942. The molecule has 1 heterocycles. The summed E-state index contributed by atoms with van der Waals surface area (Å²) in [5, 5.41) is 3.82. The first-order valence-corrected chi connectivity index (χ1v) is 11.3. The molecule has 4 aromatic rings. The molecule has 0 spiro atoms. The van der Waals surface area contributed by atoms with E-state index in [1.807, 2.05) is 28.8 Å². The molecule has 1 amide bonds. The van der Waals surface area contributed by atoms with Crippen LogP contribution in [0.2, 0.25) is 0 Å². The number of rotatable bonds is 9. The van der Waals surface area contributed by atoms with Gasteiger partial charge in [-0.2, -0.15) is 0 Å².